The van der Waals surface area contributed by atoms with E-state index in [-0.39, 0.29) is 5.91 Å². The molecule has 0 bridgehead atoms. The van der Waals surface area contributed by atoms with Crippen molar-refractivity contribution in [1.29, 1.82) is 0 Å². The van der Waals surface area contributed by atoms with Crippen molar-refractivity contribution in [2.45, 2.75) is 0 Å². The molecule has 5 nitrogen and oxygen atoms in total. The number of anilines is 1. The summed E-state index contributed by atoms with van der Waals surface area (Å²) >= 11 is 1.49. The molecule has 104 valence electrons. The van der Waals surface area contributed by atoms with Crippen molar-refractivity contribution in [3.05, 3.63) is 65.2 Å². The third kappa shape index (κ3) is 3.43. The van der Waals surface area contributed by atoms with Crippen LogP contribution in [0.4, 0.5) is 5.69 Å². The fourth-order valence-corrected chi connectivity index (χ4v) is 2.30. The summed E-state index contributed by atoms with van der Waals surface area (Å²) in [4.78, 5) is 19.8. The topological polar surface area (TPSA) is 64.1 Å². The Kier molecular flexibility index (Phi) is 3.88. The van der Waals surface area contributed by atoms with Crippen LogP contribution in [0.2, 0.25) is 0 Å². The fourth-order valence-electron chi connectivity index (χ4n) is 1.66. The van der Waals surface area contributed by atoms with E-state index in [0.29, 0.717) is 22.9 Å². The van der Waals surface area contributed by atoms with Crippen LogP contribution in [0.25, 0.3) is 0 Å². The Balaban J connectivity index is 1.65. The summed E-state index contributed by atoms with van der Waals surface area (Å²) in [5, 5.41) is 6.49. The molecule has 0 saturated carbocycles. The molecule has 2 aromatic heterocycles. The average Bonchev–Trinajstić information content (AvgIpc) is 3.05. The summed E-state index contributed by atoms with van der Waals surface area (Å²) in [6.45, 7) is 0. The highest BCUT2D eigenvalue weighted by atomic mass is 32.1. The molecule has 2 heterocycles. The molecule has 0 radical (unpaired) electrons. The highest BCUT2D eigenvalue weighted by Gasteiger charge is 2.06. The lowest BCUT2D eigenvalue weighted by Crippen LogP contribution is -2.10. The van der Waals surface area contributed by atoms with Crippen LogP contribution in [0.1, 0.15) is 10.4 Å². The second kappa shape index (κ2) is 6.15. The molecular weight excluding hydrogens is 286 g/mol. The molecule has 0 saturated heterocycles. The normalized spacial score (nSPS) is 10.1. The number of nitrogens with zero attached hydrogens (tertiary/aromatic N) is 2. The number of ether oxygens (including phenoxy) is 1. The number of hydrogen-bond acceptors (Lipinski definition) is 5. The van der Waals surface area contributed by atoms with Gasteiger partial charge < -0.3 is 10.1 Å². The Labute approximate surface area is 125 Å². The molecule has 0 spiro atoms. The van der Waals surface area contributed by atoms with Gasteiger partial charge in [0, 0.05) is 23.5 Å². The summed E-state index contributed by atoms with van der Waals surface area (Å²) in [5.41, 5.74) is 1.36. The maximum atomic E-state index is 11.9. The first kappa shape index (κ1) is 13.3. The standard InChI is InChI=1S/C15H11N3O2S/c19-15(11-5-8-21-10-11)18-12-1-3-13(4-2-12)20-14-9-16-6-7-17-14/h1-10H,(H,18,19). The number of thiophene rings is 1. The minimum atomic E-state index is -0.126. The third-order valence-corrected chi connectivity index (χ3v) is 3.34. The Bertz CT molecular complexity index is 712. The summed E-state index contributed by atoms with van der Waals surface area (Å²) in [6.07, 6.45) is 4.67. The molecule has 0 aliphatic carbocycles. The maximum absolute atomic E-state index is 11.9. The first-order chi connectivity index (χ1) is 10.3. The van der Waals surface area contributed by atoms with E-state index in [2.05, 4.69) is 15.3 Å². The van der Waals surface area contributed by atoms with Crippen molar-refractivity contribution in [2.75, 3.05) is 5.32 Å². The van der Waals surface area contributed by atoms with Gasteiger partial charge in [0.05, 0.1) is 11.8 Å². The molecule has 1 amide bonds. The zero-order valence-electron chi connectivity index (χ0n) is 10.9. The van der Waals surface area contributed by atoms with Gasteiger partial charge in [0.2, 0.25) is 5.88 Å². The molecule has 21 heavy (non-hydrogen) atoms. The molecule has 3 aromatic rings. The van der Waals surface area contributed by atoms with E-state index in [1.807, 2.05) is 5.38 Å². The van der Waals surface area contributed by atoms with Crippen LogP contribution in [0.5, 0.6) is 11.6 Å². The zero-order chi connectivity index (χ0) is 14.5. The van der Waals surface area contributed by atoms with Gasteiger partial charge in [-0.3, -0.25) is 9.78 Å². The van der Waals surface area contributed by atoms with Gasteiger partial charge in [0.15, 0.2) is 0 Å². The summed E-state index contributed by atoms with van der Waals surface area (Å²) in [6, 6.07) is 8.85. The van der Waals surface area contributed by atoms with Gasteiger partial charge in [-0.1, -0.05) is 0 Å². The van der Waals surface area contributed by atoms with E-state index in [9.17, 15) is 4.79 Å². The fraction of sp³-hybridized carbons (Fsp3) is 0. The van der Waals surface area contributed by atoms with Crippen LogP contribution in [0.3, 0.4) is 0 Å². The molecule has 0 atom stereocenters. The molecular formula is C15H11N3O2S. The average molecular weight is 297 g/mol. The number of hydrogen-bond donors (Lipinski definition) is 1. The molecule has 0 aliphatic rings. The van der Waals surface area contributed by atoms with E-state index in [4.69, 9.17) is 4.74 Å². The lowest BCUT2D eigenvalue weighted by atomic mass is 10.2. The lowest BCUT2D eigenvalue weighted by Gasteiger charge is -2.06. The van der Waals surface area contributed by atoms with Crippen molar-refractivity contribution in [1.82, 2.24) is 9.97 Å². The van der Waals surface area contributed by atoms with Gasteiger partial charge in [-0.25, -0.2) is 4.98 Å². The van der Waals surface area contributed by atoms with Crippen LogP contribution < -0.4 is 10.1 Å². The Morgan fingerprint density at radius 1 is 1.14 bits per heavy atom. The molecule has 1 N–H and O–H groups in total. The molecule has 0 aliphatic heterocycles. The van der Waals surface area contributed by atoms with Gasteiger partial charge in [-0.15, -0.1) is 0 Å². The van der Waals surface area contributed by atoms with Crippen LogP contribution in [0, 0.1) is 0 Å². The third-order valence-electron chi connectivity index (χ3n) is 2.66. The van der Waals surface area contributed by atoms with Crippen molar-refractivity contribution >= 4 is 22.9 Å². The van der Waals surface area contributed by atoms with Crippen molar-refractivity contribution in [2.24, 2.45) is 0 Å². The summed E-state index contributed by atoms with van der Waals surface area (Å²) in [5.74, 6) is 0.926. The number of benzene rings is 1. The van der Waals surface area contributed by atoms with Gasteiger partial charge in [0.1, 0.15) is 5.75 Å². The molecule has 0 fully saturated rings. The lowest BCUT2D eigenvalue weighted by molar-refractivity contribution is 0.102. The predicted molar refractivity (Wildman–Crippen MR) is 80.8 cm³/mol. The summed E-state index contributed by atoms with van der Waals surface area (Å²) < 4.78 is 5.53. The minimum Gasteiger partial charge on any atom is -0.438 e. The number of aromatic nitrogens is 2. The molecule has 6 heteroatoms. The molecule has 3 rings (SSSR count). The van der Waals surface area contributed by atoms with Crippen LogP contribution in [0.15, 0.2) is 59.7 Å². The molecule has 0 unspecified atom stereocenters. The quantitative estimate of drug-likeness (QED) is 0.799. The van der Waals surface area contributed by atoms with Gasteiger partial charge in [0.25, 0.3) is 5.91 Å². The Hall–Kier alpha value is -2.73. The first-order valence-corrected chi connectivity index (χ1v) is 7.13. The van der Waals surface area contributed by atoms with Gasteiger partial charge >= 0.3 is 0 Å². The number of amides is 1. The van der Waals surface area contributed by atoms with Gasteiger partial charge in [-0.05, 0) is 35.7 Å². The number of carbonyl (C=O) groups is 1. The SMILES string of the molecule is O=C(Nc1ccc(Oc2cnccn2)cc1)c1ccsc1. The maximum Gasteiger partial charge on any atom is 0.256 e. The zero-order valence-corrected chi connectivity index (χ0v) is 11.7. The van der Waals surface area contributed by atoms with Crippen molar-refractivity contribution < 1.29 is 9.53 Å². The van der Waals surface area contributed by atoms with Crippen LogP contribution in [-0.2, 0) is 0 Å². The van der Waals surface area contributed by atoms with Crippen molar-refractivity contribution in [3.63, 3.8) is 0 Å². The van der Waals surface area contributed by atoms with Crippen LogP contribution >= 0.6 is 11.3 Å². The van der Waals surface area contributed by atoms with E-state index in [1.54, 1.807) is 48.1 Å². The number of carbonyl (C=O) groups excluding carboxylic acids is 1. The smallest absolute Gasteiger partial charge is 0.256 e. The van der Waals surface area contributed by atoms with Crippen molar-refractivity contribution in [3.8, 4) is 11.6 Å². The highest BCUT2D eigenvalue weighted by molar-refractivity contribution is 7.08. The molecule has 1 aromatic carbocycles. The highest BCUT2D eigenvalue weighted by Crippen LogP contribution is 2.21. The minimum absolute atomic E-state index is 0.126. The Morgan fingerprint density at radius 2 is 2.00 bits per heavy atom. The number of rotatable bonds is 4. The number of nitrogens with one attached hydrogen (secondary N) is 1. The van der Waals surface area contributed by atoms with E-state index >= 15 is 0 Å². The monoisotopic (exact) mass is 297 g/mol. The summed E-state index contributed by atoms with van der Waals surface area (Å²) in [7, 11) is 0. The second-order valence-electron chi connectivity index (χ2n) is 4.14. The predicted octanol–water partition coefficient (Wildman–Crippen LogP) is 3.58. The van der Waals surface area contributed by atoms with E-state index in [0.717, 1.165) is 0 Å². The largest absolute Gasteiger partial charge is 0.438 e. The van der Waals surface area contributed by atoms with Gasteiger partial charge in [-0.2, -0.15) is 11.3 Å². The van der Waals surface area contributed by atoms with E-state index in [1.165, 1.54) is 17.5 Å². The van der Waals surface area contributed by atoms with Crippen LogP contribution in [-0.4, -0.2) is 15.9 Å². The second-order valence-corrected chi connectivity index (χ2v) is 4.92. The Morgan fingerprint density at radius 3 is 2.67 bits per heavy atom. The van der Waals surface area contributed by atoms with E-state index < -0.39 is 0 Å². The first-order valence-electron chi connectivity index (χ1n) is 6.19.